The number of benzene rings is 2. The Kier molecular flexibility index (Phi) is 8.16. The Morgan fingerprint density at radius 2 is 1.73 bits per heavy atom. The minimum atomic E-state index is -1.00. The number of hydrogen-bond donors (Lipinski definition) is 1. The smallest absolute Gasteiger partial charge is 0.345 e. The molecule has 0 radical (unpaired) electrons. The van der Waals surface area contributed by atoms with Gasteiger partial charge in [0.2, 0.25) is 0 Å². The third-order valence-electron chi connectivity index (χ3n) is 4.37. The molecule has 0 bridgehead atoms. The second kappa shape index (κ2) is 10.8. The van der Waals surface area contributed by atoms with Crippen molar-refractivity contribution in [3.8, 4) is 11.5 Å². The number of carbonyl (C=O) groups excluding carboxylic acids is 2. The minimum absolute atomic E-state index is 0.103. The number of nitro groups is 1. The van der Waals surface area contributed by atoms with Crippen molar-refractivity contribution in [3.05, 3.63) is 63.7 Å². The van der Waals surface area contributed by atoms with Crippen molar-refractivity contribution >= 4 is 17.6 Å². The number of carbonyl (C=O) groups is 2. The Hall–Kier alpha value is -3.62. The highest BCUT2D eigenvalue weighted by molar-refractivity contribution is 5.96. The van der Waals surface area contributed by atoms with Gasteiger partial charge in [0, 0.05) is 12.1 Å². The lowest BCUT2D eigenvalue weighted by Crippen LogP contribution is -2.36. The molecule has 0 heterocycles. The lowest BCUT2D eigenvalue weighted by Gasteiger charge is -2.14. The van der Waals surface area contributed by atoms with Gasteiger partial charge in [0.25, 0.3) is 11.6 Å². The van der Waals surface area contributed by atoms with E-state index in [-0.39, 0.29) is 23.1 Å². The zero-order valence-electron chi connectivity index (χ0n) is 17.0. The normalized spacial score (nSPS) is 11.3. The summed E-state index contributed by atoms with van der Waals surface area (Å²) in [5.74, 6) is -1.26. The van der Waals surface area contributed by atoms with Gasteiger partial charge in [-0.3, -0.25) is 14.9 Å². The Morgan fingerprint density at radius 1 is 1.10 bits per heavy atom. The van der Waals surface area contributed by atoms with Crippen molar-refractivity contribution in [3.63, 3.8) is 0 Å². The Bertz CT molecular complexity index is 900. The summed E-state index contributed by atoms with van der Waals surface area (Å²) in [7, 11) is 2.66. The summed E-state index contributed by atoms with van der Waals surface area (Å²) in [5, 5.41) is 14.0. The molecule has 2 aromatic rings. The lowest BCUT2D eigenvalue weighted by molar-refractivity contribution is -0.385. The molecule has 1 N–H and O–H groups in total. The highest BCUT2D eigenvalue weighted by Crippen LogP contribution is 2.34. The quantitative estimate of drug-likeness (QED) is 0.359. The van der Waals surface area contributed by atoms with Crippen LogP contribution in [-0.4, -0.2) is 43.7 Å². The molecule has 0 aliphatic heterocycles. The number of ether oxygens (including phenoxy) is 3. The second-order valence-corrected chi connectivity index (χ2v) is 6.55. The van der Waals surface area contributed by atoms with Crippen molar-refractivity contribution in [1.29, 1.82) is 0 Å². The highest BCUT2D eigenvalue weighted by atomic mass is 16.6. The van der Waals surface area contributed by atoms with E-state index in [0.29, 0.717) is 6.42 Å². The summed E-state index contributed by atoms with van der Waals surface area (Å²) in [5.41, 5.74) is 0.322. The number of esters is 1. The van der Waals surface area contributed by atoms with Crippen LogP contribution in [0.2, 0.25) is 0 Å². The van der Waals surface area contributed by atoms with E-state index in [4.69, 9.17) is 14.2 Å². The maximum atomic E-state index is 12.3. The number of amides is 1. The van der Waals surface area contributed by atoms with E-state index in [0.717, 1.165) is 24.1 Å². The van der Waals surface area contributed by atoms with Gasteiger partial charge in [-0.25, -0.2) is 4.79 Å². The average Bonchev–Trinajstić information content (AvgIpc) is 2.75. The van der Waals surface area contributed by atoms with E-state index >= 15 is 0 Å². The number of methoxy groups -OCH3 is 2. The maximum absolute atomic E-state index is 12.3. The molecule has 0 spiro atoms. The first-order valence-electron chi connectivity index (χ1n) is 9.26. The molecule has 0 aliphatic carbocycles. The Morgan fingerprint density at radius 3 is 2.33 bits per heavy atom. The molecule has 9 heteroatoms. The lowest BCUT2D eigenvalue weighted by atomic mass is 10.1. The van der Waals surface area contributed by atoms with E-state index in [1.165, 1.54) is 14.2 Å². The van der Waals surface area contributed by atoms with Crippen LogP contribution in [0.5, 0.6) is 11.5 Å². The van der Waals surface area contributed by atoms with Gasteiger partial charge in [-0.05, 0) is 25.3 Å². The van der Waals surface area contributed by atoms with Gasteiger partial charge in [-0.2, -0.15) is 0 Å². The van der Waals surface area contributed by atoms with E-state index in [1.807, 2.05) is 37.3 Å². The molecule has 2 aromatic carbocycles. The summed E-state index contributed by atoms with van der Waals surface area (Å²) in [6, 6.07) is 11.9. The van der Waals surface area contributed by atoms with Gasteiger partial charge in [0.1, 0.15) is 5.56 Å². The molecule has 0 aliphatic rings. The van der Waals surface area contributed by atoms with Crippen molar-refractivity contribution in [2.75, 3.05) is 20.8 Å². The predicted molar refractivity (Wildman–Crippen MR) is 109 cm³/mol. The third-order valence-corrected chi connectivity index (χ3v) is 4.37. The number of hydrogen-bond acceptors (Lipinski definition) is 7. The van der Waals surface area contributed by atoms with Crippen LogP contribution in [0.25, 0.3) is 0 Å². The predicted octanol–water partition coefficient (Wildman–Crippen LogP) is 2.91. The van der Waals surface area contributed by atoms with Gasteiger partial charge in [-0.1, -0.05) is 30.3 Å². The molecule has 0 fully saturated rings. The number of nitrogens with one attached hydrogen (secondary N) is 1. The van der Waals surface area contributed by atoms with Crippen molar-refractivity contribution in [1.82, 2.24) is 5.32 Å². The maximum Gasteiger partial charge on any atom is 0.345 e. The van der Waals surface area contributed by atoms with Crippen LogP contribution in [-0.2, 0) is 16.0 Å². The van der Waals surface area contributed by atoms with Crippen LogP contribution < -0.4 is 14.8 Å². The van der Waals surface area contributed by atoms with E-state index in [1.54, 1.807) is 0 Å². The third kappa shape index (κ3) is 6.20. The fraction of sp³-hybridized carbons (Fsp3) is 0.333. The molecule has 0 saturated heterocycles. The number of aryl methyl sites for hydroxylation is 1. The molecule has 2 rings (SSSR count). The molecule has 0 unspecified atom stereocenters. The minimum Gasteiger partial charge on any atom is -0.493 e. The molecule has 9 nitrogen and oxygen atoms in total. The van der Waals surface area contributed by atoms with Crippen LogP contribution in [0, 0.1) is 10.1 Å². The fourth-order valence-corrected chi connectivity index (χ4v) is 2.81. The van der Waals surface area contributed by atoms with Gasteiger partial charge in [0.15, 0.2) is 18.1 Å². The van der Waals surface area contributed by atoms with Crippen LogP contribution >= 0.6 is 0 Å². The van der Waals surface area contributed by atoms with Crippen LogP contribution in [0.15, 0.2) is 42.5 Å². The average molecular weight is 416 g/mol. The first-order valence-corrected chi connectivity index (χ1v) is 9.26. The first-order chi connectivity index (χ1) is 14.3. The zero-order chi connectivity index (χ0) is 22.1. The Labute approximate surface area is 174 Å². The fourth-order valence-electron chi connectivity index (χ4n) is 2.81. The second-order valence-electron chi connectivity index (χ2n) is 6.55. The van der Waals surface area contributed by atoms with Crippen LogP contribution in [0.3, 0.4) is 0 Å². The molecule has 160 valence electrons. The van der Waals surface area contributed by atoms with Crippen LogP contribution in [0.1, 0.15) is 29.3 Å². The van der Waals surface area contributed by atoms with Crippen molar-refractivity contribution in [2.24, 2.45) is 0 Å². The standard InChI is InChI=1S/C21H24N2O7/c1-14(9-10-15-7-5-4-6-8-15)22-20(24)13-30-21(25)16-11-18(28-2)19(29-3)12-17(16)23(26)27/h4-8,11-12,14H,9-10,13H2,1-3H3,(H,22,24)/t14-/m1/s1. The van der Waals surface area contributed by atoms with Gasteiger partial charge in [0.05, 0.1) is 25.2 Å². The summed E-state index contributed by atoms with van der Waals surface area (Å²) in [6.45, 7) is 1.29. The molecular weight excluding hydrogens is 392 g/mol. The van der Waals surface area contributed by atoms with E-state index in [2.05, 4.69) is 5.32 Å². The molecule has 1 atom stereocenters. The molecule has 0 saturated carbocycles. The SMILES string of the molecule is COc1cc(C(=O)OCC(=O)N[C@H](C)CCc2ccccc2)c([N+](=O)[O-])cc1OC. The summed E-state index contributed by atoms with van der Waals surface area (Å²) in [6.07, 6.45) is 1.50. The summed E-state index contributed by atoms with van der Waals surface area (Å²) in [4.78, 5) is 35.0. The molecule has 0 aromatic heterocycles. The first kappa shape index (κ1) is 22.7. The van der Waals surface area contributed by atoms with Crippen molar-refractivity contribution in [2.45, 2.75) is 25.8 Å². The van der Waals surface area contributed by atoms with E-state index in [9.17, 15) is 19.7 Å². The van der Waals surface area contributed by atoms with Gasteiger partial charge >= 0.3 is 5.97 Å². The summed E-state index contributed by atoms with van der Waals surface area (Å²) >= 11 is 0. The van der Waals surface area contributed by atoms with Gasteiger partial charge < -0.3 is 19.5 Å². The highest BCUT2D eigenvalue weighted by Gasteiger charge is 2.26. The topological polar surface area (TPSA) is 117 Å². The molecule has 1 amide bonds. The zero-order valence-corrected chi connectivity index (χ0v) is 17.0. The summed E-state index contributed by atoms with van der Waals surface area (Å²) < 4.78 is 15.0. The van der Waals surface area contributed by atoms with E-state index < -0.39 is 29.1 Å². The number of nitro benzene ring substituents is 1. The monoisotopic (exact) mass is 416 g/mol. The number of rotatable bonds is 10. The number of nitrogens with zero attached hydrogens (tertiary/aromatic N) is 1. The molecule has 30 heavy (non-hydrogen) atoms. The molecular formula is C21H24N2O7. The van der Waals surface area contributed by atoms with Crippen LogP contribution in [0.4, 0.5) is 5.69 Å². The largest absolute Gasteiger partial charge is 0.493 e. The van der Waals surface area contributed by atoms with Gasteiger partial charge in [-0.15, -0.1) is 0 Å². The Balaban J connectivity index is 1.94. The van der Waals surface area contributed by atoms with Crippen molar-refractivity contribution < 1.29 is 28.7 Å².